The number of hydrogen-bond acceptors (Lipinski definition) is 5. The molecule has 19 heavy (non-hydrogen) atoms. The highest BCUT2D eigenvalue weighted by atomic mass is 16.5. The van der Waals surface area contributed by atoms with Crippen LogP contribution in [0.4, 0.5) is 4.79 Å². The molecule has 2 heterocycles. The van der Waals surface area contributed by atoms with Crippen LogP contribution in [-0.4, -0.2) is 55.7 Å². The van der Waals surface area contributed by atoms with Gasteiger partial charge in [0.05, 0.1) is 18.7 Å². The van der Waals surface area contributed by atoms with Crippen LogP contribution in [0.3, 0.4) is 0 Å². The van der Waals surface area contributed by atoms with Gasteiger partial charge < -0.3 is 21.1 Å². The number of esters is 1. The van der Waals surface area contributed by atoms with Gasteiger partial charge in [0.15, 0.2) is 0 Å². The molecule has 0 aromatic carbocycles. The second-order valence-corrected chi connectivity index (χ2v) is 4.77. The van der Waals surface area contributed by atoms with Gasteiger partial charge in [0.1, 0.15) is 0 Å². The summed E-state index contributed by atoms with van der Waals surface area (Å²) < 4.78 is 5.00. The van der Waals surface area contributed by atoms with Gasteiger partial charge in [0.25, 0.3) is 0 Å². The highest BCUT2D eigenvalue weighted by molar-refractivity contribution is 5.93. The molecule has 0 aromatic rings. The summed E-state index contributed by atoms with van der Waals surface area (Å²) in [4.78, 5) is 25.4. The molecule has 0 spiro atoms. The maximum atomic E-state index is 11.8. The van der Waals surface area contributed by atoms with Crippen LogP contribution in [0.15, 0.2) is 11.3 Å². The lowest BCUT2D eigenvalue weighted by Gasteiger charge is -2.24. The molecule has 0 bridgehead atoms. The summed E-state index contributed by atoms with van der Waals surface area (Å²) in [5.41, 5.74) is 6.96. The van der Waals surface area contributed by atoms with E-state index in [0.717, 1.165) is 19.5 Å². The van der Waals surface area contributed by atoms with Gasteiger partial charge in [0.2, 0.25) is 0 Å². The number of nitrogens with one attached hydrogen (secondary N) is 2. The molecule has 0 saturated carbocycles. The summed E-state index contributed by atoms with van der Waals surface area (Å²) in [7, 11) is 0. The molecule has 2 aliphatic heterocycles. The van der Waals surface area contributed by atoms with Crippen LogP contribution < -0.4 is 16.4 Å². The van der Waals surface area contributed by atoms with Crippen LogP contribution >= 0.6 is 0 Å². The van der Waals surface area contributed by atoms with Crippen LogP contribution in [0.2, 0.25) is 0 Å². The van der Waals surface area contributed by atoms with Gasteiger partial charge in [0, 0.05) is 31.4 Å². The Bertz CT molecular complexity index is 408. The molecule has 2 aliphatic rings. The predicted octanol–water partition coefficient (Wildman–Crippen LogP) is -0.851. The Morgan fingerprint density at radius 3 is 3.00 bits per heavy atom. The maximum Gasteiger partial charge on any atom is 0.337 e. The number of carbonyl (C=O) groups excluding carboxylic acids is 2. The summed E-state index contributed by atoms with van der Waals surface area (Å²) in [6.07, 6.45) is 0.939. The van der Waals surface area contributed by atoms with Crippen LogP contribution in [0.1, 0.15) is 13.3 Å². The quantitative estimate of drug-likeness (QED) is 0.577. The molecule has 2 amide bonds. The molecule has 0 unspecified atom stereocenters. The second-order valence-electron chi connectivity index (χ2n) is 4.77. The number of ether oxygens (including phenoxy) is 1. The van der Waals surface area contributed by atoms with E-state index >= 15 is 0 Å². The average molecular weight is 268 g/mol. The zero-order chi connectivity index (χ0) is 13.8. The first-order valence-electron chi connectivity index (χ1n) is 6.52. The SMILES string of the molecule is CCOC(=O)C1=C(CN2CC[C@H](N)C2)NC(=O)NC1. The van der Waals surface area contributed by atoms with Crippen molar-refractivity contribution in [2.75, 3.05) is 32.8 Å². The van der Waals surface area contributed by atoms with E-state index < -0.39 is 0 Å². The second kappa shape index (κ2) is 6.03. The first-order valence-corrected chi connectivity index (χ1v) is 6.52. The normalized spacial score (nSPS) is 24.1. The largest absolute Gasteiger partial charge is 0.463 e. The maximum absolute atomic E-state index is 11.8. The lowest BCUT2D eigenvalue weighted by Crippen LogP contribution is -2.46. The highest BCUT2D eigenvalue weighted by Gasteiger charge is 2.27. The third-order valence-corrected chi connectivity index (χ3v) is 3.27. The third kappa shape index (κ3) is 3.45. The van der Waals surface area contributed by atoms with Crippen molar-refractivity contribution >= 4 is 12.0 Å². The number of amides is 2. The summed E-state index contributed by atoms with van der Waals surface area (Å²) in [5, 5.41) is 5.28. The van der Waals surface area contributed by atoms with Gasteiger partial charge in [-0.1, -0.05) is 0 Å². The fourth-order valence-corrected chi connectivity index (χ4v) is 2.31. The molecule has 106 valence electrons. The van der Waals surface area contributed by atoms with Crippen molar-refractivity contribution < 1.29 is 14.3 Å². The topological polar surface area (TPSA) is 96.7 Å². The summed E-state index contributed by atoms with van der Waals surface area (Å²) >= 11 is 0. The minimum Gasteiger partial charge on any atom is -0.463 e. The van der Waals surface area contributed by atoms with Gasteiger partial charge in [-0.2, -0.15) is 0 Å². The van der Waals surface area contributed by atoms with Crippen LogP contribution in [0.5, 0.6) is 0 Å². The van der Waals surface area contributed by atoms with Crippen LogP contribution in [-0.2, 0) is 9.53 Å². The first kappa shape index (κ1) is 13.8. The smallest absolute Gasteiger partial charge is 0.337 e. The van der Waals surface area contributed by atoms with Gasteiger partial charge in [-0.05, 0) is 13.3 Å². The van der Waals surface area contributed by atoms with Crippen molar-refractivity contribution in [3.8, 4) is 0 Å². The van der Waals surface area contributed by atoms with Gasteiger partial charge in [-0.25, -0.2) is 9.59 Å². The molecule has 1 saturated heterocycles. The van der Waals surface area contributed by atoms with E-state index in [9.17, 15) is 9.59 Å². The van der Waals surface area contributed by atoms with Gasteiger partial charge in [-0.3, -0.25) is 4.90 Å². The van der Waals surface area contributed by atoms with Gasteiger partial charge in [-0.15, -0.1) is 0 Å². The zero-order valence-electron chi connectivity index (χ0n) is 11.1. The molecule has 7 nitrogen and oxygen atoms in total. The van der Waals surface area contributed by atoms with Crippen LogP contribution in [0.25, 0.3) is 0 Å². The van der Waals surface area contributed by atoms with E-state index in [4.69, 9.17) is 10.5 Å². The molecule has 4 N–H and O–H groups in total. The van der Waals surface area contributed by atoms with E-state index in [0.29, 0.717) is 24.4 Å². The first-order chi connectivity index (χ1) is 9.10. The van der Waals surface area contributed by atoms with Crippen molar-refractivity contribution in [3.63, 3.8) is 0 Å². The van der Waals surface area contributed by atoms with Crippen molar-refractivity contribution in [2.24, 2.45) is 5.73 Å². The van der Waals surface area contributed by atoms with Gasteiger partial charge >= 0.3 is 12.0 Å². The molecule has 0 aliphatic carbocycles. The van der Waals surface area contributed by atoms with E-state index in [1.165, 1.54) is 0 Å². The Hall–Kier alpha value is -1.60. The molecule has 2 rings (SSSR count). The Labute approximate surface area is 112 Å². The predicted molar refractivity (Wildman–Crippen MR) is 69.2 cm³/mol. The number of nitrogens with zero attached hydrogens (tertiary/aromatic N) is 1. The fourth-order valence-electron chi connectivity index (χ4n) is 2.31. The molecular weight excluding hydrogens is 248 g/mol. The van der Waals surface area contributed by atoms with Crippen molar-refractivity contribution in [3.05, 3.63) is 11.3 Å². The molecule has 1 atom stereocenters. The summed E-state index contributed by atoms with van der Waals surface area (Å²) in [6.45, 7) is 4.47. The highest BCUT2D eigenvalue weighted by Crippen LogP contribution is 2.13. The number of carbonyl (C=O) groups is 2. The number of likely N-dealkylation sites (tertiary alicyclic amines) is 1. The Balaban J connectivity index is 2.09. The van der Waals surface area contributed by atoms with Crippen molar-refractivity contribution in [1.82, 2.24) is 15.5 Å². The standard InChI is InChI=1S/C12H20N4O3/c1-2-19-11(17)9-5-14-12(18)15-10(9)7-16-4-3-8(13)6-16/h8H,2-7,13H2,1H3,(H2,14,15,18)/t8-/m0/s1. The van der Waals surface area contributed by atoms with Crippen molar-refractivity contribution in [2.45, 2.75) is 19.4 Å². The Morgan fingerprint density at radius 2 is 2.37 bits per heavy atom. The lowest BCUT2D eigenvalue weighted by molar-refractivity contribution is -0.138. The Morgan fingerprint density at radius 1 is 1.58 bits per heavy atom. The number of nitrogens with two attached hydrogens (primary N) is 1. The molecule has 7 heteroatoms. The fraction of sp³-hybridized carbons (Fsp3) is 0.667. The molecule has 0 aromatic heterocycles. The monoisotopic (exact) mass is 268 g/mol. The third-order valence-electron chi connectivity index (χ3n) is 3.27. The van der Waals surface area contributed by atoms with E-state index in [-0.39, 0.29) is 24.6 Å². The molecular formula is C12H20N4O3. The number of rotatable bonds is 4. The summed E-state index contributed by atoms with van der Waals surface area (Å²) in [5.74, 6) is -0.381. The lowest BCUT2D eigenvalue weighted by atomic mass is 10.1. The molecule has 0 radical (unpaired) electrons. The van der Waals surface area contributed by atoms with Crippen LogP contribution in [0, 0.1) is 0 Å². The summed E-state index contributed by atoms with van der Waals surface area (Å²) in [6, 6.07) is -0.115. The average Bonchev–Trinajstić information content (AvgIpc) is 2.75. The Kier molecular flexibility index (Phi) is 4.39. The van der Waals surface area contributed by atoms with E-state index in [2.05, 4.69) is 15.5 Å². The minimum absolute atomic E-state index is 0.170. The van der Waals surface area contributed by atoms with E-state index in [1.54, 1.807) is 6.92 Å². The van der Waals surface area contributed by atoms with Crippen molar-refractivity contribution in [1.29, 1.82) is 0 Å². The van der Waals surface area contributed by atoms with E-state index in [1.807, 2.05) is 0 Å². The minimum atomic E-state index is -0.381. The number of urea groups is 1. The number of hydrogen-bond donors (Lipinski definition) is 3. The zero-order valence-corrected chi connectivity index (χ0v) is 11.1. The molecule has 1 fully saturated rings.